The molecule has 0 saturated heterocycles. The SMILES string of the molecule is COc1ccc(NC(=S)N(Cc2cccnc2)C2CCCC2)c(Cl)c1. The van der Waals surface area contributed by atoms with Crippen molar-refractivity contribution in [2.45, 2.75) is 38.3 Å². The Bertz CT molecular complexity index is 720. The highest BCUT2D eigenvalue weighted by Gasteiger charge is 2.25. The largest absolute Gasteiger partial charge is 0.497 e. The summed E-state index contributed by atoms with van der Waals surface area (Å²) < 4.78 is 5.20. The number of thiocarbonyl (C=S) groups is 1. The Hall–Kier alpha value is -1.85. The second-order valence-electron chi connectivity index (χ2n) is 6.20. The van der Waals surface area contributed by atoms with E-state index in [9.17, 15) is 0 Å². The molecule has 0 radical (unpaired) electrons. The summed E-state index contributed by atoms with van der Waals surface area (Å²) in [4.78, 5) is 6.48. The number of halogens is 1. The molecule has 0 unspecified atom stereocenters. The summed E-state index contributed by atoms with van der Waals surface area (Å²) in [5.41, 5.74) is 1.95. The standard InChI is InChI=1S/C19H22ClN3OS/c1-24-16-8-9-18(17(20)11-16)22-19(25)23(15-6-2-3-7-15)13-14-5-4-10-21-12-14/h4-5,8-12,15H,2-3,6-7,13H2,1H3,(H,22,25). The van der Waals surface area contributed by atoms with E-state index in [0.29, 0.717) is 16.2 Å². The van der Waals surface area contributed by atoms with Crippen LogP contribution in [-0.2, 0) is 6.54 Å². The Morgan fingerprint density at radius 1 is 1.36 bits per heavy atom. The van der Waals surface area contributed by atoms with Gasteiger partial charge in [-0.1, -0.05) is 30.5 Å². The Morgan fingerprint density at radius 2 is 2.16 bits per heavy atom. The summed E-state index contributed by atoms with van der Waals surface area (Å²) in [5.74, 6) is 0.726. The molecule has 1 aliphatic carbocycles. The molecule has 0 aliphatic heterocycles. The topological polar surface area (TPSA) is 37.4 Å². The second-order valence-corrected chi connectivity index (χ2v) is 7.00. The van der Waals surface area contributed by atoms with Crippen molar-refractivity contribution in [3.05, 3.63) is 53.3 Å². The van der Waals surface area contributed by atoms with Crippen molar-refractivity contribution in [2.75, 3.05) is 12.4 Å². The predicted octanol–water partition coefficient (Wildman–Crippen LogP) is 4.89. The molecule has 2 aromatic rings. The van der Waals surface area contributed by atoms with Gasteiger partial charge in [0, 0.05) is 31.0 Å². The van der Waals surface area contributed by atoms with Crippen molar-refractivity contribution in [1.29, 1.82) is 0 Å². The maximum absolute atomic E-state index is 6.35. The highest BCUT2D eigenvalue weighted by Crippen LogP contribution is 2.29. The van der Waals surface area contributed by atoms with Gasteiger partial charge >= 0.3 is 0 Å². The molecule has 1 aliphatic rings. The lowest BCUT2D eigenvalue weighted by Gasteiger charge is -2.32. The van der Waals surface area contributed by atoms with E-state index in [0.717, 1.165) is 23.5 Å². The number of benzene rings is 1. The van der Waals surface area contributed by atoms with Crippen molar-refractivity contribution in [1.82, 2.24) is 9.88 Å². The normalized spacial score (nSPS) is 14.3. The van der Waals surface area contributed by atoms with E-state index >= 15 is 0 Å². The average Bonchev–Trinajstić information content (AvgIpc) is 3.16. The molecule has 132 valence electrons. The van der Waals surface area contributed by atoms with Gasteiger partial charge in [-0.15, -0.1) is 0 Å². The van der Waals surface area contributed by atoms with E-state index in [1.165, 1.54) is 25.7 Å². The van der Waals surface area contributed by atoms with Gasteiger partial charge in [0.25, 0.3) is 0 Å². The molecule has 1 fully saturated rings. The molecule has 1 aromatic heterocycles. The summed E-state index contributed by atoms with van der Waals surface area (Å²) in [7, 11) is 1.62. The molecule has 1 saturated carbocycles. The van der Waals surface area contributed by atoms with E-state index in [1.807, 2.05) is 24.4 Å². The molecule has 4 nitrogen and oxygen atoms in total. The number of methoxy groups -OCH3 is 1. The van der Waals surface area contributed by atoms with Crippen LogP contribution in [0, 0.1) is 0 Å². The van der Waals surface area contributed by atoms with Crippen molar-refractivity contribution >= 4 is 34.6 Å². The van der Waals surface area contributed by atoms with Crippen LogP contribution in [0.1, 0.15) is 31.2 Å². The minimum absolute atomic E-state index is 0.456. The monoisotopic (exact) mass is 375 g/mol. The minimum atomic E-state index is 0.456. The van der Waals surface area contributed by atoms with Crippen LogP contribution in [0.3, 0.4) is 0 Å². The first kappa shape index (κ1) is 18.0. The number of anilines is 1. The molecule has 6 heteroatoms. The summed E-state index contributed by atoms with van der Waals surface area (Å²) in [5, 5.41) is 4.60. The smallest absolute Gasteiger partial charge is 0.174 e. The first-order valence-corrected chi connectivity index (χ1v) is 9.26. The fraction of sp³-hybridized carbons (Fsp3) is 0.368. The lowest BCUT2D eigenvalue weighted by atomic mass is 10.2. The maximum Gasteiger partial charge on any atom is 0.174 e. The number of pyridine rings is 1. The van der Waals surface area contributed by atoms with Crippen LogP contribution >= 0.6 is 23.8 Å². The van der Waals surface area contributed by atoms with Gasteiger partial charge in [0.15, 0.2) is 5.11 Å². The quantitative estimate of drug-likeness (QED) is 0.753. The molecule has 0 spiro atoms. The third kappa shape index (κ3) is 4.61. The Kier molecular flexibility index (Phi) is 6.10. The second kappa shape index (κ2) is 8.50. The van der Waals surface area contributed by atoms with Gasteiger partial charge in [-0.25, -0.2) is 0 Å². The summed E-state index contributed by atoms with van der Waals surface area (Å²) in [6.45, 7) is 0.748. The predicted molar refractivity (Wildman–Crippen MR) is 106 cm³/mol. The van der Waals surface area contributed by atoms with Gasteiger partial charge in [0.1, 0.15) is 5.75 Å². The van der Waals surface area contributed by atoms with Crippen LogP contribution in [0.15, 0.2) is 42.7 Å². The van der Waals surface area contributed by atoms with Crippen LogP contribution in [0.5, 0.6) is 5.75 Å². The van der Waals surface area contributed by atoms with Gasteiger partial charge in [-0.05, 0) is 48.8 Å². The van der Waals surface area contributed by atoms with Gasteiger partial charge in [0.05, 0.1) is 17.8 Å². The first-order chi connectivity index (χ1) is 12.2. The number of nitrogens with zero attached hydrogens (tertiary/aromatic N) is 2. The van der Waals surface area contributed by atoms with Crippen LogP contribution in [0.25, 0.3) is 0 Å². The average molecular weight is 376 g/mol. The van der Waals surface area contributed by atoms with Gasteiger partial charge in [-0.3, -0.25) is 4.98 Å². The fourth-order valence-corrected chi connectivity index (χ4v) is 3.72. The van der Waals surface area contributed by atoms with Crippen molar-refractivity contribution in [3.8, 4) is 5.75 Å². The zero-order valence-corrected chi connectivity index (χ0v) is 15.8. The molecule has 0 amide bonds. The van der Waals surface area contributed by atoms with E-state index in [2.05, 4.69) is 21.3 Å². The van der Waals surface area contributed by atoms with Crippen LogP contribution < -0.4 is 10.1 Å². The van der Waals surface area contributed by atoms with Crippen LogP contribution in [0.2, 0.25) is 5.02 Å². The summed E-state index contributed by atoms with van der Waals surface area (Å²) in [6.07, 6.45) is 8.51. The zero-order valence-electron chi connectivity index (χ0n) is 14.2. The number of ether oxygens (including phenoxy) is 1. The summed E-state index contributed by atoms with van der Waals surface area (Å²) >= 11 is 12.1. The molecule has 3 rings (SSSR count). The number of nitrogens with one attached hydrogen (secondary N) is 1. The molecular weight excluding hydrogens is 354 g/mol. The van der Waals surface area contributed by atoms with Crippen LogP contribution in [-0.4, -0.2) is 28.1 Å². The zero-order chi connectivity index (χ0) is 17.6. The van der Waals surface area contributed by atoms with E-state index in [-0.39, 0.29) is 0 Å². The molecule has 0 atom stereocenters. The maximum atomic E-state index is 6.35. The molecule has 1 heterocycles. The fourth-order valence-electron chi connectivity index (χ4n) is 3.18. The molecule has 1 N–H and O–H groups in total. The molecule has 0 bridgehead atoms. The van der Waals surface area contributed by atoms with Crippen molar-refractivity contribution < 1.29 is 4.74 Å². The van der Waals surface area contributed by atoms with Crippen LogP contribution in [0.4, 0.5) is 5.69 Å². The molecular formula is C19H22ClN3OS. The van der Waals surface area contributed by atoms with Gasteiger partial charge in [-0.2, -0.15) is 0 Å². The number of aromatic nitrogens is 1. The van der Waals surface area contributed by atoms with E-state index < -0.39 is 0 Å². The Morgan fingerprint density at radius 3 is 2.80 bits per heavy atom. The Labute approximate surface area is 159 Å². The molecule has 1 aromatic carbocycles. The molecule has 25 heavy (non-hydrogen) atoms. The van der Waals surface area contributed by atoms with Gasteiger partial charge in [0.2, 0.25) is 0 Å². The third-order valence-corrected chi connectivity index (χ3v) is 5.17. The van der Waals surface area contributed by atoms with Crippen molar-refractivity contribution in [2.24, 2.45) is 0 Å². The lowest BCUT2D eigenvalue weighted by Crippen LogP contribution is -2.41. The highest BCUT2D eigenvalue weighted by molar-refractivity contribution is 7.80. The van der Waals surface area contributed by atoms with Crippen molar-refractivity contribution in [3.63, 3.8) is 0 Å². The number of hydrogen-bond donors (Lipinski definition) is 1. The van der Waals surface area contributed by atoms with Gasteiger partial charge < -0.3 is 15.0 Å². The van der Waals surface area contributed by atoms with E-state index in [4.69, 9.17) is 28.6 Å². The highest BCUT2D eigenvalue weighted by atomic mass is 35.5. The first-order valence-electron chi connectivity index (χ1n) is 8.47. The minimum Gasteiger partial charge on any atom is -0.497 e. The lowest BCUT2D eigenvalue weighted by molar-refractivity contribution is 0.312. The van der Waals surface area contributed by atoms with E-state index in [1.54, 1.807) is 19.4 Å². The third-order valence-electron chi connectivity index (χ3n) is 4.52. The number of rotatable bonds is 5. The number of hydrogen-bond acceptors (Lipinski definition) is 3. The Balaban J connectivity index is 1.76. The summed E-state index contributed by atoms with van der Waals surface area (Å²) in [6, 6.07) is 10.0.